The van der Waals surface area contributed by atoms with Crippen LogP contribution >= 0.6 is 11.8 Å². The number of benzene rings is 1. The number of carbonyl (C=O) groups excluding carboxylic acids is 3. The van der Waals surface area contributed by atoms with Gasteiger partial charge >= 0.3 is 5.97 Å². The maximum absolute atomic E-state index is 12.8. The van der Waals surface area contributed by atoms with Crippen molar-refractivity contribution in [3.05, 3.63) is 36.0 Å². The van der Waals surface area contributed by atoms with Crippen LogP contribution in [0.4, 0.5) is 0 Å². The van der Waals surface area contributed by atoms with Crippen molar-refractivity contribution < 1.29 is 24.3 Å². The molecule has 3 atom stereocenters. The number of aliphatic carboxylic acids is 1. The number of aromatic nitrogens is 1. The lowest BCUT2D eigenvalue weighted by atomic mass is 10.0. The molecule has 0 aliphatic carbocycles. The molecule has 3 amide bonds. The Kier molecular flexibility index (Phi) is 11.1. The van der Waals surface area contributed by atoms with E-state index < -0.39 is 48.4 Å². The minimum atomic E-state index is -1.13. The predicted molar refractivity (Wildman–Crippen MR) is 137 cm³/mol. The topological polar surface area (TPSA) is 166 Å². The average Bonchev–Trinajstić information content (AvgIpc) is 3.22. The van der Waals surface area contributed by atoms with Crippen LogP contribution in [0.25, 0.3) is 10.9 Å². The molecule has 11 heteroatoms. The molecular formula is C24H35N5O5S. The van der Waals surface area contributed by atoms with Crippen LogP contribution in [0, 0.1) is 5.92 Å². The lowest BCUT2D eigenvalue weighted by molar-refractivity contribution is -0.142. The molecule has 3 unspecified atom stereocenters. The molecule has 1 aromatic carbocycles. The number of nitrogens with one attached hydrogen (secondary N) is 4. The number of carbonyl (C=O) groups is 4. The highest BCUT2D eigenvalue weighted by Crippen LogP contribution is 2.18. The van der Waals surface area contributed by atoms with Crippen molar-refractivity contribution in [2.75, 3.05) is 18.6 Å². The molecule has 2 rings (SSSR count). The number of thioether (sulfide) groups is 1. The fraction of sp³-hybridized carbons (Fsp3) is 0.500. The number of amides is 3. The molecule has 1 heterocycles. The van der Waals surface area contributed by atoms with E-state index in [0.717, 1.165) is 16.5 Å². The molecule has 0 saturated heterocycles. The van der Waals surface area contributed by atoms with E-state index in [-0.39, 0.29) is 12.3 Å². The molecule has 192 valence electrons. The van der Waals surface area contributed by atoms with Gasteiger partial charge in [0.15, 0.2) is 0 Å². The fourth-order valence-corrected chi connectivity index (χ4v) is 4.11. The van der Waals surface area contributed by atoms with E-state index in [2.05, 4.69) is 20.9 Å². The summed E-state index contributed by atoms with van der Waals surface area (Å²) in [6, 6.07) is 4.93. The number of hydrogen-bond donors (Lipinski definition) is 6. The van der Waals surface area contributed by atoms with Crippen molar-refractivity contribution in [2.45, 2.75) is 51.2 Å². The maximum atomic E-state index is 12.8. The van der Waals surface area contributed by atoms with Gasteiger partial charge in [0.2, 0.25) is 17.7 Å². The van der Waals surface area contributed by atoms with Crippen LogP contribution < -0.4 is 21.7 Å². The predicted octanol–water partition coefficient (Wildman–Crippen LogP) is 1.01. The average molecular weight is 506 g/mol. The number of para-hydroxylation sites is 1. The number of aromatic amines is 1. The van der Waals surface area contributed by atoms with Crippen molar-refractivity contribution in [1.29, 1.82) is 0 Å². The number of H-pyrrole nitrogens is 1. The van der Waals surface area contributed by atoms with Crippen molar-refractivity contribution in [2.24, 2.45) is 11.7 Å². The minimum absolute atomic E-state index is 0.0746. The Bertz CT molecular complexity index is 1020. The fourth-order valence-electron chi connectivity index (χ4n) is 3.64. The van der Waals surface area contributed by atoms with Gasteiger partial charge in [-0.2, -0.15) is 11.8 Å². The monoisotopic (exact) mass is 505 g/mol. The molecule has 0 fully saturated rings. The standard InChI is InChI=1S/C24H35N5O5S/c1-14(2)10-20(24(33)34)28-21(30)13-27-23(32)19(8-9-35-3)29-22(31)17(25)11-15-12-26-18-7-5-4-6-16(15)18/h4-7,12,14,17,19-20,26H,8-11,13,25H2,1-3H3,(H,27,32)(H,28,30)(H,29,31)(H,33,34). The SMILES string of the molecule is CSCCC(NC(=O)C(N)Cc1c[nH]c2ccccc12)C(=O)NCC(=O)NC(CC(C)C)C(=O)O. The Hall–Kier alpha value is -3.05. The molecule has 0 bridgehead atoms. The summed E-state index contributed by atoms with van der Waals surface area (Å²) in [5.74, 6) is -2.06. The summed E-state index contributed by atoms with van der Waals surface area (Å²) in [6.45, 7) is 3.31. The van der Waals surface area contributed by atoms with Crippen LogP contribution in [0.5, 0.6) is 0 Å². The smallest absolute Gasteiger partial charge is 0.326 e. The zero-order valence-corrected chi connectivity index (χ0v) is 21.1. The van der Waals surface area contributed by atoms with Crippen LogP contribution in [0.2, 0.25) is 0 Å². The Morgan fingerprint density at radius 1 is 1.09 bits per heavy atom. The van der Waals surface area contributed by atoms with Gasteiger partial charge in [0.05, 0.1) is 12.6 Å². The highest BCUT2D eigenvalue weighted by atomic mass is 32.2. The summed E-state index contributed by atoms with van der Waals surface area (Å²) in [6.07, 6.45) is 4.62. The third-order valence-electron chi connectivity index (χ3n) is 5.46. The molecule has 0 saturated carbocycles. The van der Waals surface area contributed by atoms with E-state index in [9.17, 15) is 24.3 Å². The molecular weight excluding hydrogens is 470 g/mol. The first-order valence-corrected chi connectivity index (χ1v) is 12.9. The first-order valence-electron chi connectivity index (χ1n) is 11.5. The zero-order chi connectivity index (χ0) is 26.0. The first kappa shape index (κ1) is 28.2. The largest absolute Gasteiger partial charge is 0.480 e. The third kappa shape index (κ3) is 8.91. The third-order valence-corrected chi connectivity index (χ3v) is 6.10. The van der Waals surface area contributed by atoms with E-state index in [1.54, 1.807) is 0 Å². The van der Waals surface area contributed by atoms with E-state index >= 15 is 0 Å². The summed E-state index contributed by atoms with van der Waals surface area (Å²) >= 11 is 1.52. The molecule has 0 aliphatic rings. The van der Waals surface area contributed by atoms with Crippen LogP contribution in [-0.4, -0.2) is 70.5 Å². The van der Waals surface area contributed by atoms with E-state index in [1.807, 2.05) is 50.6 Å². The molecule has 7 N–H and O–H groups in total. The number of nitrogens with two attached hydrogens (primary N) is 1. The summed E-state index contributed by atoms with van der Waals surface area (Å²) < 4.78 is 0. The van der Waals surface area contributed by atoms with Gasteiger partial charge in [-0.1, -0.05) is 32.0 Å². The van der Waals surface area contributed by atoms with Gasteiger partial charge in [-0.15, -0.1) is 0 Å². The van der Waals surface area contributed by atoms with Crippen molar-refractivity contribution in [3.63, 3.8) is 0 Å². The first-order chi connectivity index (χ1) is 16.6. The maximum Gasteiger partial charge on any atom is 0.326 e. The molecule has 0 radical (unpaired) electrons. The Morgan fingerprint density at radius 3 is 2.46 bits per heavy atom. The second kappa shape index (κ2) is 13.7. The van der Waals surface area contributed by atoms with Crippen LogP contribution in [0.3, 0.4) is 0 Å². The van der Waals surface area contributed by atoms with Crippen LogP contribution in [-0.2, 0) is 25.6 Å². The van der Waals surface area contributed by atoms with Crippen LogP contribution in [0.1, 0.15) is 32.3 Å². The molecule has 0 spiro atoms. The number of rotatable bonds is 14. The quantitative estimate of drug-likeness (QED) is 0.223. The molecule has 2 aromatic rings. The number of carboxylic acids is 1. The van der Waals surface area contributed by atoms with Crippen LogP contribution in [0.15, 0.2) is 30.5 Å². The van der Waals surface area contributed by atoms with Crippen molar-refractivity contribution in [3.8, 4) is 0 Å². The summed E-state index contributed by atoms with van der Waals surface area (Å²) in [5, 5.41) is 17.9. The summed E-state index contributed by atoms with van der Waals surface area (Å²) in [7, 11) is 0. The van der Waals surface area contributed by atoms with E-state index in [4.69, 9.17) is 5.73 Å². The highest BCUT2D eigenvalue weighted by molar-refractivity contribution is 7.98. The Balaban J connectivity index is 1.94. The van der Waals surface area contributed by atoms with Gasteiger partial charge < -0.3 is 31.8 Å². The van der Waals surface area contributed by atoms with Gasteiger partial charge in [-0.25, -0.2) is 4.79 Å². The number of carboxylic acid groups (broad SMARTS) is 1. The van der Waals surface area contributed by atoms with Gasteiger partial charge in [0.1, 0.15) is 12.1 Å². The van der Waals surface area contributed by atoms with Gasteiger partial charge in [-0.3, -0.25) is 14.4 Å². The van der Waals surface area contributed by atoms with Gasteiger partial charge in [-0.05, 0) is 48.8 Å². The zero-order valence-electron chi connectivity index (χ0n) is 20.3. The molecule has 35 heavy (non-hydrogen) atoms. The normalized spacial score (nSPS) is 13.7. The second-order valence-electron chi connectivity index (χ2n) is 8.82. The molecule has 0 aliphatic heterocycles. The molecule has 1 aromatic heterocycles. The Morgan fingerprint density at radius 2 is 1.80 bits per heavy atom. The van der Waals surface area contributed by atoms with Gasteiger partial charge in [0.25, 0.3) is 0 Å². The lowest BCUT2D eigenvalue weighted by Gasteiger charge is -2.21. The summed E-state index contributed by atoms with van der Waals surface area (Å²) in [5.41, 5.74) is 7.99. The van der Waals surface area contributed by atoms with Crippen molar-refractivity contribution >= 4 is 46.4 Å². The van der Waals surface area contributed by atoms with Crippen molar-refractivity contribution in [1.82, 2.24) is 20.9 Å². The molecule has 10 nitrogen and oxygen atoms in total. The lowest BCUT2D eigenvalue weighted by Crippen LogP contribution is -2.54. The van der Waals surface area contributed by atoms with E-state index in [1.165, 1.54) is 11.8 Å². The second-order valence-corrected chi connectivity index (χ2v) is 9.80. The van der Waals surface area contributed by atoms with Gasteiger partial charge in [0, 0.05) is 17.1 Å². The number of fused-ring (bicyclic) bond motifs is 1. The van der Waals surface area contributed by atoms with E-state index in [0.29, 0.717) is 18.6 Å². The number of hydrogen-bond acceptors (Lipinski definition) is 6. The minimum Gasteiger partial charge on any atom is -0.480 e. The summed E-state index contributed by atoms with van der Waals surface area (Å²) in [4.78, 5) is 52.2. The Labute approximate surface area is 209 Å². The highest BCUT2D eigenvalue weighted by Gasteiger charge is 2.26.